The summed E-state index contributed by atoms with van der Waals surface area (Å²) in [6.07, 6.45) is 1.84. The first-order valence-corrected chi connectivity index (χ1v) is 13.1. The molecule has 0 saturated heterocycles. The smallest absolute Gasteiger partial charge is 0.0972 e. The molecule has 0 radical (unpaired) electrons. The van der Waals surface area contributed by atoms with Crippen LogP contribution in [0.5, 0.6) is 0 Å². The molecule has 1 aliphatic rings. The lowest BCUT2D eigenvalue weighted by Gasteiger charge is -2.21. The van der Waals surface area contributed by atoms with E-state index in [1.807, 2.05) is 12.3 Å². The van der Waals surface area contributed by atoms with Crippen molar-refractivity contribution in [2.45, 2.75) is 19.3 Å². The van der Waals surface area contributed by atoms with Crippen molar-refractivity contribution in [3.8, 4) is 28.2 Å². The van der Waals surface area contributed by atoms with E-state index >= 15 is 0 Å². The highest BCUT2D eigenvalue weighted by molar-refractivity contribution is 6.03. The van der Waals surface area contributed by atoms with Crippen LogP contribution in [0.4, 0.5) is 0 Å². The lowest BCUT2D eigenvalue weighted by atomic mass is 9.81. The fourth-order valence-corrected chi connectivity index (χ4v) is 6.43. The Balaban J connectivity index is 1.31. The number of aromatic nitrogens is 3. The van der Waals surface area contributed by atoms with Gasteiger partial charge in [0.1, 0.15) is 0 Å². The van der Waals surface area contributed by atoms with Gasteiger partial charge in [-0.05, 0) is 41.5 Å². The van der Waals surface area contributed by atoms with Crippen LogP contribution in [0, 0.1) is 0 Å². The molecule has 3 heterocycles. The van der Waals surface area contributed by atoms with Crippen molar-refractivity contribution in [3.63, 3.8) is 0 Å². The first-order valence-electron chi connectivity index (χ1n) is 13.1. The van der Waals surface area contributed by atoms with E-state index in [0.29, 0.717) is 0 Å². The zero-order valence-electron chi connectivity index (χ0n) is 21.3. The van der Waals surface area contributed by atoms with Crippen LogP contribution in [0.3, 0.4) is 0 Å². The lowest BCUT2D eigenvalue weighted by molar-refractivity contribution is 0.666. The molecule has 3 nitrogen and oxygen atoms in total. The zero-order valence-corrected chi connectivity index (χ0v) is 21.3. The molecule has 0 amide bonds. The van der Waals surface area contributed by atoms with Crippen LogP contribution >= 0.6 is 0 Å². The average molecular weight is 488 g/mol. The molecular formula is C35H25N3. The van der Waals surface area contributed by atoms with E-state index in [4.69, 9.17) is 4.98 Å². The van der Waals surface area contributed by atoms with Crippen LogP contribution in [-0.2, 0) is 5.41 Å². The standard InChI is InChI=1S/C35H25N3/c1-35(2)28-11-5-3-9-26(28)34-31(35)27-10-4-6-12-30(27)38(34)25-18-15-22(16-19-25)29-20-17-24-14-13-23-8-7-21-36-32(23)33(24)37-29/h3-21H,1-2H3. The summed E-state index contributed by atoms with van der Waals surface area (Å²) in [6, 6.07) is 39.0. The van der Waals surface area contributed by atoms with E-state index in [0.717, 1.165) is 38.8 Å². The second-order valence-corrected chi connectivity index (χ2v) is 10.7. The molecule has 0 aliphatic heterocycles. The van der Waals surface area contributed by atoms with Crippen LogP contribution in [0.15, 0.2) is 115 Å². The van der Waals surface area contributed by atoms with Gasteiger partial charge in [0.2, 0.25) is 0 Å². The number of hydrogen-bond acceptors (Lipinski definition) is 2. The highest BCUT2D eigenvalue weighted by Crippen LogP contribution is 2.53. The Morgan fingerprint density at radius 1 is 0.658 bits per heavy atom. The van der Waals surface area contributed by atoms with Crippen LogP contribution in [0.25, 0.3) is 60.9 Å². The molecule has 3 aromatic heterocycles. The van der Waals surface area contributed by atoms with Gasteiger partial charge in [0.25, 0.3) is 0 Å². The fraction of sp³-hybridized carbons (Fsp3) is 0.0857. The van der Waals surface area contributed by atoms with Crippen molar-refractivity contribution in [3.05, 3.63) is 127 Å². The Morgan fingerprint density at radius 2 is 1.39 bits per heavy atom. The fourth-order valence-electron chi connectivity index (χ4n) is 6.43. The molecule has 180 valence electrons. The van der Waals surface area contributed by atoms with Crippen LogP contribution < -0.4 is 0 Å². The quantitative estimate of drug-likeness (QED) is 0.228. The number of pyridine rings is 2. The van der Waals surface area contributed by atoms with E-state index in [9.17, 15) is 0 Å². The second-order valence-electron chi connectivity index (χ2n) is 10.7. The van der Waals surface area contributed by atoms with Gasteiger partial charge in [-0.15, -0.1) is 0 Å². The topological polar surface area (TPSA) is 30.7 Å². The minimum atomic E-state index is -0.0530. The van der Waals surface area contributed by atoms with Crippen molar-refractivity contribution in [1.82, 2.24) is 14.5 Å². The Bertz CT molecular complexity index is 2040. The molecule has 0 atom stereocenters. The van der Waals surface area contributed by atoms with E-state index in [1.54, 1.807) is 0 Å². The van der Waals surface area contributed by atoms with E-state index in [-0.39, 0.29) is 5.41 Å². The number of benzene rings is 4. The van der Waals surface area contributed by atoms with Crippen LogP contribution in [-0.4, -0.2) is 14.5 Å². The van der Waals surface area contributed by atoms with Gasteiger partial charge < -0.3 is 4.57 Å². The van der Waals surface area contributed by atoms with Crippen molar-refractivity contribution < 1.29 is 0 Å². The Morgan fingerprint density at radius 3 is 2.26 bits per heavy atom. The molecule has 4 aromatic carbocycles. The molecule has 0 N–H and O–H groups in total. The maximum Gasteiger partial charge on any atom is 0.0972 e. The van der Waals surface area contributed by atoms with Crippen molar-refractivity contribution in [2.75, 3.05) is 0 Å². The second kappa shape index (κ2) is 7.62. The predicted molar refractivity (Wildman–Crippen MR) is 157 cm³/mol. The minimum Gasteiger partial charge on any atom is -0.309 e. The largest absolute Gasteiger partial charge is 0.309 e. The third-order valence-corrected chi connectivity index (χ3v) is 8.21. The normalized spacial score (nSPS) is 13.7. The summed E-state index contributed by atoms with van der Waals surface area (Å²) < 4.78 is 2.44. The number of rotatable bonds is 2. The minimum absolute atomic E-state index is 0.0530. The van der Waals surface area contributed by atoms with E-state index in [2.05, 4.69) is 127 Å². The van der Waals surface area contributed by atoms with Gasteiger partial charge >= 0.3 is 0 Å². The first-order chi connectivity index (χ1) is 18.6. The first kappa shape index (κ1) is 21.3. The highest BCUT2D eigenvalue weighted by atomic mass is 15.0. The summed E-state index contributed by atoms with van der Waals surface area (Å²) in [7, 11) is 0. The zero-order chi connectivity index (χ0) is 25.4. The molecule has 3 heteroatoms. The molecule has 8 rings (SSSR count). The molecule has 0 bridgehead atoms. The number of nitrogens with zero attached hydrogens (tertiary/aromatic N) is 3. The molecule has 1 aliphatic carbocycles. The maximum absolute atomic E-state index is 5.05. The van der Waals surface area contributed by atoms with Gasteiger partial charge in [0.15, 0.2) is 0 Å². The molecule has 0 unspecified atom stereocenters. The Labute approximate surface area is 221 Å². The van der Waals surface area contributed by atoms with Gasteiger partial charge in [0.05, 0.1) is 27.9 Å². The monoisotopic (exact) mass is 487 g/mol. The summed E-state index contributed by atoms with van der Waals surface area (Å²) in [5.74, 6) is 0. The summed E-state index contributed by atoms with van der Waals surface area (Å²) in [5, 5.41) is 3.53. The van der Waals surface area contributed by atoms with Gasteiger partial charge in [0, 0.05) is 44.6 Å². The molecular weight excluding hydrogens is 462 g/mol. The molecule has 7 aromatic rings. The third kappa shape index (κ3) is 2.84. The molecule has 0 spiro atoms. The van der Waals surface area contributed by atoms with Gasteiger partial charge in [-0.3, -0.25) is 4.98 Å². The van der Waals surface area contributed by atoms with Crippen molar-refractivity contribution in [1.29, 1.82) is 0 Å². The summed E-state index contributed by atoms with van der Waals surface area (Å²) in [4.78, 5) is 9.67. The van der Waals surface area contributed by atoms with Crippen LogP contribution in [0.1, 0.15) is 25.0 Å². The highest BCUT2D eigenvalue weighted by Gasteiger charge is 2.40. The number of fused-ring (bicyclic) bond motifs is 8. The van der Waals surface area contributed by atoms with Crippen LogP contribution in [0.2, 0.25) is 0 Å². The maximum atomic E-state index is 5.05. The predicted octanol–water partition coefficient (Wildman–Crippen LogP) is 8.70. The number of para-hydroxylation sites is 1. The van der Waals surface area contributed by atoms with Gasteiger partial charge in [-0.1, -0.05) is 92.7 Å². The number of hydrogen-bond donors (Lipinski definition) is 0. The summed E-state index contributed by atoms with van der Waals surface area (Å²) in [5.41, 5.74) is 11.7. The lowest BCUT2D eigenvalue weighted by Crippen LogP contribution is -2.14. The molecule has 0 saturated carbocycles. The third-order valence-electron chi connectivity index (χ3n) is 8.21. The Kier molecular flexibility index (Phi) is 4.28. The van der Waals surface area contributed by atoms with E-state index in [1.165, 1.54) is 33.3 Å². The van der Waals surface area contributed by atoms with E-state index < -0.39 is 0 Å². The SMILES string of the molecule is CC1(C)c2ccccc2-c2c1c1ccccc1n2-c1ccc(-c2ccc3ccc4cccnc4c3n2)cc1. The molecule has 38 heavy (non-hydrogen) atoms. The van der Waals surface area contributed by atoms with Gasteiger partial charge in [-0.2, -0.15) is 0 Å². The summed E-state index contributed by atoms with van der Waals surface area (Å²) in [6.45, 7) is 4.70. The average Bonchev–Trinajstić information content (AvgIpc) is 3.44. The van der Waals surface area contributed by atoms with Crippen molar-refractivity contribution >= 4 is 32.7 Å². The Hall–Kier alpha value is -4.76. The van der Waals surface area contributed by atoms with Gasteiger partial charge in [-0.25, -0.2) is 4.98 Å². The molecule has 0 fully saturated rings. The van der Waals surface area contributed by atoms with Crippen molar-refractivity contribution in [2.24, 2.45) is 0 Å². The summed E-state index contributed by atoms with van der Waals surface area (Å²) >= 11 is 0.